The number of carbonyl (C=O) groups excluding carboxylic acids is 2. The fourth-order valence-electron chi connectivity index (χ4n) is 2.30. The van der Waals surface area contributed by atoms with Gasteiger partial charge in [0.15, 0.2) is 5.76 Å². The molecule has 0 unspecified atom stereocenters. The monoisotopic (exact) mass is 313 g/mol. The van der Waals surface area contributed by atoms with Crippen molar-refractivity contribution in [3.05, 3.63) is 53.7 Å². The second-order valence-corrected chi connectivity index (χ2v) is 4.92. The Bertz CT molecular complexity index is 861. The van der Waals surface area contributed by atoms with Crippen LogP contribution < -0.4 is 5.32 Å². The molecule has 3 rings (SSSR count). The highest BCUT2D eigenvalue weighted by molar-refractivity contribution is 6.03. The van der Waals surface area contributed by atoms with Crippen molar-refractivity contribution in [2.45, 2.75) is 13.8 Å². The number of furan rings is 2. The lowest BCUT2D eigenvalue weighted by Crippen LogP contribution is -2.10. The van der Waals surface area contributed by atoms with E-state index in [1.807, 2.05) is 0 Å². The SMILES string of the molecule is CCOC(=O)c1oc2cc(NC(=O)c3ccco3)ccc2c1C. The second-order valence-electron chi connectivity index (χ2n) is 4.92. The number of carbonyl (C=O) groups is 2. The number of nitrogens with one attached hydrogen (secondary N) is 1. The van der Waals surface area contributed by atoms with E-state index in [1.54, 1.807) is 44.2 Å². The van der Waals surface area contributed by atoms with Crippen molar-refractivity contribution in [2.24, 2.45) is 0 Å². The average Bonchev–Trinajstić information content (AvgIpc) is 3.16. The van der Waals surface area contributed by atoms with Gasteiger partial charge in [-0.2, -0.15) is 0 Å². The quantitative estimate of drug-likeness (QED) is 0.742. The molecular formula is C17H15NO5. The van der Waals surface area contributed by atoms with Crippen LogP contribution in [0.3, 0.4) is 0 Å². The van der Waals surface area contributed by atoms with Crippen LogP contribution in [0, 0.1) is 6.92 Å². The zero-order valence-electron chi connectivity index (χ0n) is 12.7. The fourth-order valence-corrected chi connectivity index (χ4v) is 2.30. The summed E-state index contributed by atoms with van der Waals surface area (Å²) in [6.07, 6.45) is 1.43. The van der Waals surface area contributed by atoms with E-state index in [2.05, 4.69) is 5.32 Å². The lowest BCUT2D eigenvalue weighted by molar-refractivity contribution is 0.0491. The summed E-state index contributed by atoms with van der Waals surface area (Å²) in [5.74, 6) is -0.463. The van der Waals surface area contributed by atoms with Crippen LogP contribution in [-0.4, -0.2) is 18.5 Å². The summed E-state index contributed by atoms with van der Waals surface area (Å²) in [5.41, 5.74) is 1.76. The molecule has 1 aromatic carbocycles. The summed E-state index contributed by atoms with van der Waals surface area (Å²) in [6.45, 7) is 3.80. The Labute approximate surface area is 132 Å². The van der Waals surface area contributed by atoms with Crippen LogP contribution in [-0.2, 0) is 4.74 Å². The molecule has 0 saturated heterocycles. The Morgan fingerprint density at radius 3 is 2.78 bits per heavy atom. The number of esters is 1. The van der Waals surface area contributed by atoms with Crippen molar-refractivity contribution in [1.82, 2.24) is 0 Å². The Kier molecular flexibility index (Phi) is 3.89. The number of hydrogen-bond acceptors (Lipinski definition) is 5. The van der Waals surface area contributed by atoms with Gasteiger partial charge in [-0.1, -0.05) is 0 Å². The highest BCUT2D eigenvalue weighted by Crippen LogP contribution is 2.28. The molecule has 1 amide bonds. The molecule has 6 nitrogen and oxygen atoms in total. The van der Waals surface area contributed by atoms with Crippen molar-refractivity contribution in [1.29, 1.82) is 0 Å². The smallest absolute Gasteiger partial charge is 0.374 e. The second kappa shape index (κ2) is 6.00. The number of amides is 1. The maximum absolute atomic E-state index is 12.0. The summed E-state index contributed by atoms with van der Waals surface area (Å²) < 4.78 is 15.6. The van der Waals surface area contributed by atoms with Gasteiger partial charge < -0.3 is 18.9 Å². The Hall–Kier alpha value is -3.02. The molecule has 2 heterocycles. The molecule has 118 valence electrons. The maximum atomic E-state index is 12.0. The van der Waals surface area contributed by atoms with Gasteiger partial charge in [0.25, 0.3) is 5.91 Å². The number of ether oxygens (including phenoxy) is 1. The lowest BCUT2D eigenvalue weighted by atomic mass is 10.1. The van der Waals surface area contributed by atoms with Crippen LogP contribution in [0.15, 0.2) is 45.4 Å². The minimum absolute atomic E-state index is 0.177. The van der Waals surface area contributed by atoms with E-state index in [0.29, 0.717) is 16.8 Å². The Morgan fingerprint density at radius 2 is 2.09 bits per heavy atom. The first kappa shape index (κ1) is 14.9. The van der Waals surface area contributed by atoms with Crippen LogP contribution in [0.25, 0.3) is 11.0 Å². The molecule has 0 spiro atoms. The minimum atomic E-state index is -0.498. The average molecular weight is 313 g/mol. The highest BCUT2D eigenvalue weighted by atomic mass is 16.5. The molecule has 1 N–H and O–H groups in total. The van der Waals surface area contributed by atoms with Gasteiger partial charge in [0.2, 0.25) is 5.76 Å². The summed E-state index contributed by atoms with van der Waals surface area (Å²) in [6, 6.07) is 8.39. The number of hydrogen-bond donors (Lipinski definition) is 1. The summed E-state index contributed by atoms with van der Waals surface area (Å²) in [4.78, 5) is 23.8. The van der Waals surface area contributed by atoms with Crippen LogP contribution >= 0.6 is 0 Å². The summed E-state index contributed by atoms with van der Waals surface area (Å²) in [5, 5.41) is 3.51. The molecule has 0 aliphatic carbocycles. The molecule has 3 aromatic rings. The molecule has 0 fully saturated rings. The van der Waals surface area contributed by atoms with Crippen molar-refractivity contribution in [3.8, 4) is 0 Å². The highest BCUT2D eigenvalue weighted by Gasteiger charge is 2.19. The topological polar surface area (TPSA) is 81.7 Å². The normalized spacial score (nSPS) is 10.7. The van der Waals surface area contributed by atoms with E-state index in [4.69, 9.17) is 13.6 Å². The molecule has 2 aromatic heterocycles. The first-order chi connectivity index (χ1) is 11.1. The third kappa shape index (κ3) is 2.83. The van der Waals surface area contributed by atoms with E-state index in [1.165, 1.54) is 6.26 Å². The van der Waals surface area contributed by atoms with Gasteiger partial charge in [-0.25, -0.2) is 4.79 Å². The number of benzene rings is 1. The van der Waals surface area contributed by atoms with Gasteiger partial charge in [-0.05, 0) is 38.1 Å². The molecule has 0 atom stereocenters. The number of anilines is 1. The number of aryl methyl sites for hydroxylation is 1. The zero-order valence-corrected chi connectivity index (χ0v) is 12.7. The Balaban J connectivity index is 1.90. The minimum Gasteiger partial charge on any atom is -0.460 e. The zero-order chi connectivity index (χ0) is 16.4. The summed E-state index contributed by atoms with van der Waals surface area (Å²) in [7, 11) is 0. The molecule has 0 radical (unpaired) electrons. The number of fused-ring (bicyclic) bond motifs is 1. The predicted molar refractivity (Wildman–Crippen MR) is 83.6 cm³/mol. The molecule has 0 aliphatic heterocycles. The predicted octanol–water partition coefficient (Wildman–Crippen LogP) is 3.76. The first-order valence-corrected chi connectivity index (χ1v) is 7.15. The fraction of sp³-hybridized carbons (Fsp3) is 0.176. The van der Waals surface area contributed by atoms with Gasteiger partial charge in [0, 0.05) is 22.7 Å². The molecule has 0 bridgehead atoms. The third-order valence-corrected chi connectivity index (χ3v) is 3.40. The van der Waals surface area contributed by atoms with E-state index >= 15 is 0 Å². The maximum Gasteiger partial charge on any atom is 0.374 e. The van der Waals surface area contributed by atoms with Crippen LogP contribution in [0.2, 0.25) is 0 Å². The first-order valence-electron chi connectivity index (χ1n) is 7.15. The van der Waals surface area contributed by atoms with Crippen LogP contribution in [0.5, 0.6) is 0 Å². The van der Waals surface area contributed by atoms with E-state index in [-0.39, 0.29) is 24.0 Å². The van der Waals surface area contributed by atoms with Gasteiger partial charge in [0.1, 0.15) is 5.58 Å². The van der Waals surface area contributed by atoms with Crippen molar-refractivity contribution < 1.29 is 23.2 Å². The Morgan fingerprint density at radius 1 is 1.26 bits per heavy atom. The molecule has 0 aliphatic rings. The van der Waals surface area contributed by atoms with Gasteiger partial charge >= 0.3 is 5.97 Å². The molecular weight excluding hydrogens is 298 g/mol. The van der Waals surface area contributed by atoms with Gasteiger partial charge in [-0.15, -0.1) is 0 Å². The number of rotatable bonds is 4. The van der Waals surface area contributed by atoms with Gasteiger partial charge in [0.05, 0.1) is 12.9 Å². The standard InChI is InChI=1S/C17H15NO5/c1-3-21-17(20)15-10(2)12-7-6-11(9-14(12)23-15)18-16(19)13-5-4-8-22-13/h4-9H,3H2,1-2H3,(H,18,19). The molecule has 0 saturated carbocycles. The van der Waals surface area contributed by atoms with Crippen LogP contribution in [0.1, 0.15) is 33.6 Å². The third-order valence-electron chi connectivity index (χ3n) is 3.40. The van der Waals surface area contributed by atoms with E-state index < -0.39 is 5.97 Å². The van der Waals surface area contributed by atoms with Crippen LogP contribution in [0.4, 0.5) is 5.69 Å². The summed E-state index contributed by atoms with van der Waals surface area (Å²) >= 11 is 0. The van der Waals surface area contributed by atoms with Crippen molar-refractivity contribution in [2.75, 3.05) is 11.9 Å². The molecule has 6 heteroatoms. The van der Waals surface area contributed by atoms with E-state index in [0.717, 1.165) is 5.39 Å². The molecule has 23 heavy (non-hydrogen) atoms. The van der Waals surface area contributed by atoms with Gasteiger partial charge in [-0.3, -0.25) is 4.79 Å². The van der Waals surface area contributed by atoms with E-state index in [9.17, 15) is 9.59 Å². The van der Waals surface area contributed by atoms with Crippen molar-refractivity contribution >= 4 is 28.5 Å². The lowest BCUT2D eigenvalue weighted by Gasteiger charge is -2.02. The van der Waals surface area contributed by atoms with Crippen molar-refractivity contribution in [3.63, 3.8) is 0 Å². The largest absolute Gasteiger partial charge is 0.460 e.